The number of hydrogen-bond acceptors (Lipinski definition) is 3. The zero-order chi connectivity index (χ0) is 14.8. The first kappa shape index (κ1) is 15.8. The molecule has 1 aromatic rings. The van der Waals surface area contributed by atoms with Crippen molar-refractivity contribution in [2.75, 3.05) is 29.5 Å². The van der Waals surface area contributed by atoms with Crippen LogP contribution in [0, 0.1) is 0 Å². The zero-order valence-electron chi connectivity index (χ0n) is 12.4. The van der Waals surface area contributed by atoms with Gasteiger partial charge in [-0.15, -0.1) is 0 Å². The molecule has 1 aliphatic rings. The fourth-order valence-corrected chi connectivity index (χ4v) is 3.54. The van der Waals surface area contributed by atoms with Gasteiger partial charge < -0.3 is 10.2 Å². The van der Waals surface area contributed by atoms with Gasteiger partial charge in [-0.3, -0.25) is 4.21 Å². The molecule has 0 aliphatic carbocycles. The lowest BCUT2D eigenvalue weighted by Gasteiger charge is -2.29. The van der Waals surface area contributed by atoms with E-state index in [1.165, 1.54) is 5.56 Å². The first-order valence-electron chi connectivity index (χ1n) is 6.98. The van der Waals surface area contributed by atoms with Crippen molar-refractivity contribution >= 4 is 28.1 Å². The molecule has 1 fully saturated rings. The van der Waals surface area contributed by atoms with E-state index >= 15 is 0 Å². The van der Waals surface area contributed by atoms with Crippen LogP contribution in [0.2, 0.25) is 5.02 Å². The van der Waals surface area contributed by atoms with Crippen molar-refractivity contribution in [3.63, 3.8) is 0 Å². The van der Waals surface area contributed by atoms with Crippen LogP contribution in [0.1, 0.15) is 26.3 Å². The molecule has 1 aromatic carbocycles. The highest BCUT2D eigenvalue weighted by molar-refractivity contribution is 7.85. The molecule has 0 radical (unpaired) electrons. The molecule has 1 saturated heterocycles. The van der Waals surface area contributed by atoms with Gasteiger partial charge in [0.15, 0.2) is 0 Å². The molecule has 0 spiro atoms. The maximum atomic E-state index is 11.4. The Kier molecular flexibility index (Phi) is 5.10. The van der Waals surface area contributed by atoms with E-state index in [4.69, 9.17) is 11.6 Å². The van der Waals surface area contributed by atoms with Crippen molar-refractivity contribution < 1.29 is 4.21 Å². The quantitative estimate of drug-likeness (QED) is 0.931. The van der Waals surface area contributed by atoms with Crippen LogP contribution in [0.4, 0.5) is 5.69 Å². The van der Waals surface area contributed by atoms with Crippen LogP contribution >= 0.6 is 11.6 Å². The minimum absolute atomic E-state index is 0.0993. The van der Waals surface area contributed by atoms with Crippen molar-refractivity contribution in [2.45, 2.75) is 32.9 Å². The van der Waals surface area contributed by atoms with Crippen LogP contribution in [0.15, 0.2) is 18.2 Å². The predicted molar refractivity (Wildman–Crippen MR) is 88.1 cm³/mol. The fourth-order valence-electron chi connectivity index (χ4n) is 2.16. The van der Waals surface area contributed by atoms with Crippen LogP contribution in [-0.2, 0) is 17.3 Å². The summed E-state index contributed by atoms with van der Waals surface area (Å²) >= 11 is 6.40. The molecule has 0 bridgehead atoms. The molecule has 1 heterocycles. The Morgan fingerprint density at radius 2 is 1.95 bits per heavy atom. The van der Waals surface area contributed by atoms with Crippen LogP contribution in [-0.4, -0.2) is 34.3 Å². The number of nitrogens with zero attached hydrogens (tertiary/aromatic N) is 1. The van der Waals surface area contributed by atoms with Crippen molar-refractivity contribution in [1.82, 2.24) is 5.32 Å². The molecule has 1 aliphatic heterocycles. The van der Waals surface area contributed by atoms with Gasteiger partial charge in [0.05, 0.1) is 10.7 Å². The summed E-state index contributed by atoms with van der Waals surface area (Å²) in [5.74, 6) is 1.48. The normalized spacial score (nSPS) is 17.5. The molecule has 2 rings (SSSR count). The summed E-state index contributed by atoms with van der Waals surface area (Å²) in [4.78, 5) is 2.23. The molecular weight excluding hydrogens is 292 g/mol. The van der Waals surface area contributed by atoms with Gasteiger partial charge in [-0.2, -0.15) is 0 Å². The van der Waals surface area contributed by atoms with Gasteiger partial charge in [0.25, 0.3) is 0 Å². The molecule has 5 heteroatoms. The van der Waals surface area contributed by atoms with Crippen LogP contribution in [0.25, 0.3) is 0 Å². The highest BCUT2D eigenvalue weighted by Crippen LogP contribution is 2.28. The van der Waals surface area contributed by atoms with Crippen molar-refractivity contribution in [1.29, 1.82) is 0 Å². The first-order chi connectivity index (χ1) is 9.35. The first-order valence-corrected chi connectivity index (χ1v) is 8.85. The minimum Gasteiger partial charge on any atom is -0.368 e. The molecular formula is C15H23ClN2OS. The van der Waals surface area contributed by atoms with Crippen molar-refractivity contribution in [3.05, 3.63) is 28.8 Å². The molecule has 3 nitrogen and oxygen atoms in total. The number of benzene rings is 1. The molecule has 0 unspecified atom stereocenters. The third kappa shape index (κ3) is 4.47. The second-order valence-electron chi connectivity index (χ2n) is 6.22. The Labute approximate surface area is 129 Å². The van der Waals surface area contributed by atoms with Gasteiger partial charge in [0.1, 0.15) is 0 Å². The van der Waals surface area contributed by atoms with E-state index in [1.54, 1.807) is 0 Å². The molecule has 0 aromatic heterocycles. The topological polar surface area (TPSA) is 32.3 Å². The van der Waals surface area contributed by atoms with E-state index < -0.39 is 10.8 Å². The molecule has 1 N–H and O–H groups in total. The third-order valence-corrected chi connectivity index (χ3v) is 4.93. The predicted octanol–water partition coefficient (Wildman–Crippen LogP) is 2.80. The molecule has 112 valence electrons. The second kappa shape index (κ2) is 6.46. The number of nitrogens with one attached hydrogen (secondary N) is 1. The Morgan fingerprint density at radius 3 is 2.50 bits per heavy atom. The number of rotatable bonds is 3. The summed E-state index contributed by atoms with van der Waals surface area (Å²) in [6, 6.07) is 6.23. The summed E-state index contributed by atoms with van der Waals surface area (Å²) in [6.07, 6.45) is 0. The number of halogens is 1. The average molecular weight is 315 g/mol. The van der Waals surface area contributed by atoms with Crippen LogP contribution < -0.4 is 10.2 Å². The Hall–Kier alpha value is -0.580. The average Bonchev–Trinajstić information content (AvgIpc) is 2.37. The minimum atomic E-state index is -0.653. The SMILES string of the molecule is CC(C)(C)NCc1ccc(N2CCS(=O)CC2)c(Cl)c1. The Morgan fingerprint density at radius 1 is 1.30 bits per heavy atom. The van der Waals surface area contributed by atoms with Gasteiger partial charge in [-0.1, -0.05) is 17.7 Å². The molecule has 0 amide bonds. The van der Waals surface area contributed by atoms with Gasteiger partial charge in [-0.25, -0.2) is 0 Å². The van der Waals surface area contributed by atoms with E-state index in [-0.39, 0.29) is 5.54 Å². The van der Waals surface area contributed by atoms with Crippen molar-refractivity contribution in [2.24, 2.45) is 0 Å². The summed E-state index contributed by atoms with van der Waals surface area (Å²) in [7, 11) is -0.653. The lowest BCUT2D eigenvalue weighted by molar-refractivity contribution is 0.424. The fraction of sp³-hybridized carbons (Fsp3) is 0.600. The molecule has 20 heavy (non-hydrogen) atoms. The van der Waals surface area contributed by atoms with Crippen LogP contribution in [0.3, 0.4) is 0 Å². The maximum Gasteiger partial charge on any atom is 0.0642 e. The van der Waals surface area contributed by atoms with Gasteiger partial charge in [0, 0.05) is 47.5 Å². The zero-order valence-corrected chi connectivity index (χ0v) is 14.0. The van der Waals surface area contributed by atoms with E-state index in [0.717, 1.165) is 41.8 Å². The highest BCUT2D eigenvalue weighted by Gasteiger charge is 2.18. The van der Waals surface area contributed by atoms with E-state index in [1.807, 2.05) is 6.07 Å². The highest BCUT2D eigenvalue weighted by atomic mass is 35.5. The lowest BCUT2D eigenvalue weighted by atomic mass is 10.1. The van der Waals surface area contributed by atoms with E-state index in [2.05, 4.69) is 43.1 Å². The third-order valence-electron chi connectivity index (χ3n) is 3.35. The van der Waals surface area contributed by atoms with Gasteiger partial charge in [-0.05, 0) is 38.5 Å². The second-order valence-corrected chi connectivity index (χ2v) is 8.33. The summed E-state index contributed by atoms with van der Waals surface area (Å²) in [5.41, 5.74) is 2.35. The standard InChI is InChI=1S/C15H23ClN2OS/c1-15(2,3)17-11-12-4-5-14(13(16)10-12)18-6-8-20(19)9-7-18/h4-5,10,17H,6-9,11H2,1-3H3. The largest absolute Gasteiger partial charge is 0.368 e. The smallest absolute Gasteiger partial charge is 0.0642 e. The van der Waals surface area contributed by atoms with E-state index in [0.29, 0.717) is 0 Å². The monoisotopic (exact) mass is 314 g/mol. The summed E-state index contributed by atoms with van der Waals surface area (Å²) in [6.45, 7) is 8.91. The summed E-state index contributed by atoms with van der Waals surface area (Å²) < 4.78 is 11.4. The molecule has 0 atom stereocenters. The molecule has 0 saturated carbocycles. The van der Waals surface area contributed by atoms with Gasteiger partial charge >= 0.3 is 0 Å². The van der Waals surface area contributed by atoms with Crippen LogP contribution in [0.5, 0.6) is 0 Å². The van der Waals surface area contributed by atoms with Crippen molar-refractivity contribution in [3.8, 4) is 0 Å². The van der Waals surface area contributed by atoms with E-state index in [9.17, 15) is 4.21 Å². The maximum absolute atomic E-state index is 11.4. The van der Waals surface area contributed by atoms with Gasteiger partial charge in [0.2, 0.25) is 0 Å². The number of anilines is 1. The number of hydrogen-bond donors (Lipinski definition) is 1. The lowest BCUT2D eigenvalue weighted by Crippen LogP contribution is -2.38. The summed E-state index contributed by atoms with van der Waals surface area (Å²) in [5, 5.41) is 4.24. The Bertz CT molecular complexity index is 489. The Balaban J connectivity index is 2.04.